The normalized spacial score (nSPS) is 11.2. The van der Waals surface area contributed by atoms with Crippen LogP contribution in [0.25, 0.3) is 32.7 Å². The van der Waals surface area contributed by atoms with Crippen molar-refractivity contribution in [3.63, 3.8) is 0 Å². The summed E-state index contributed by atoms with van der Waals surface area (Å²) in [6.45, 7) is 0. The molecular formula is C34H26. The molecule has 6 rings (SSSR count). The summed E-state index contributed by atoms with van der Waals surface area (Å²) in [5.41, 5.74) is 8.18. The summed E-state index contributed by atoms with van der Waals surface area (Å²) in [6.07, 6.45) is 1.83. The predicted molar refractivity (Wildman–Crippen MR) is 145 cm³/mol. The van der Waals surface area contributed by atoms with Crippen molar-refractivity contribution in [1.29, 1.82) is 0 Å². The van der Waals surface area contributed by atoms with Crippen LogP contribution in [0.1, 0.15) is 22.3 Å². The molecule has 0 saturated carbocycles. The third-order valence-electron chi connectivity index (χ3n) is 6.80. The highest BCUT2D eigenvalue weighted by molar-refractivity contribution is 6.01. The molecule has 34 heavy (non-hydrogen) atoms. The van der Waals surface area contributed by atoms with E-state index in [0.29, 0.717) is 0 Å². The van der Waals surface area contributed by atoms with Gasteiger partial charge in [-0.05, 0) is 73.8 Å². The molecule has 162 valence electrons. The zero-order valence-corrected chi connectivity index (χ0v) is 19.1. The van der Waals surface area contributed by atoms with Crippen molar-refractivity contribution >= 4 is 21.5 Å². The maximum atomic E-state index is 2.41. The number of fused-ring (bicyclic) bond motifs is 2. The fraction of sp³-hybridized carbons (Fsp3) is 0.0588. The molecule has 0 heteroatoms. The molecule has 6 aromatic rings. The molecule has 0 aliphatic carbocycles. The first-order chi connectivity index (χ1) is 16.9. The largest absolute Gasteiger partial charge is 0.0622 e. The van der Waals surface area contributed by atoms with Crippen molar-refractivity contribution in [3.05, 3.63) is 156 Å². The summed E-state index contributed by atoms with van der Waals surface area (Å²) in [5, 5.41) is 5.23. The van der Waals surface area contributed by atoms with Crippen molar-refractivity contribution in [3.8, 4) is 11.1 Å². The zero-order chi connectivity index (χ0) is 22.7. The van der Waals surface area contributed by atoms with Gasteiger partial charge < -0.3 is 0 Å². The topological polar surface area (TPSA) is 0 Å². The number of rotatable bonds is 5. The minimum absolute atomic E-state index is 0.909. The molecule has 0 nitrogen and oxygen atoms in total. The van der Waals surface area contributed by atoms with Gasteiger partial charge in [-0.15, -0.1) is 0 Å². The summed E-state index contributed by atoms with van der Waals surface area (Å²) < 4.78 is 0. The van der Waals surface area contributed by atoms with Crippen molar-refractivity contribution in [1.82, 2.24) is 0 Å². The highest BCUT2D eigenvalue weighted by Gasteiger charge is 2.17. The molecule has 0 bridgehead atoms. The van der Waals surface area contributed by atoms with E-state index in [0.717, 1.165) is 12.8 Å². The molecular weight excluding hydrogens is 408 g/mol. The summed E-state index contributed by atoms with van der Waals surface area (Å²) in [5.74, 6) is 0. The van der Waals surface area contributed by atoms with Crippen molar-refractivity contribution in [2.75, 3.05) is 0 Å². The summed E-state index contributed by atoms with van der Waals surface area (Å²) in [7, 11) is 0. The molecule has 6 aromatic carbocycles. The molecule has 0 amide bonds. The first-order valence-electron chi connectivity index (χ1n) is 12.0. The minimum Gasteiger partial charge on any atom is -0.0622 e. The molecule has 0 saturated heterocycles. The average Bonchev–Trinajstić information content (AvgIpc) is 2.91. The predicted octanol–water partition coefficient (Wildman–Crippen LogP) is 8.84. The van der Waals surface area contributed by atoms with Gasteiger partial charge in [0.2, 0.25) is 0 Å². The van der Waals surface area contributed by atoms with E-state index < -0.39 is 0 Å². The molecule has 0 fully saturated rings. The number of benzene rings is 6. The fourth-order valence-corrected chi connectivity index (χ4v) is 5.17. The Morgan fingerprint density at radius 1 is 0.353 bits per heavy atom. The summed E-state index contributed by atoms with van der Waals surface area (Å²) in [4.78, 5) is 0. The Labute approximate surface area is 201 Å². The highest BCUT2D eigenvalue weighted by Crippen LogP contribution is 2.38. The first kappa shape index (κ1) is 20.4. The van der Waals surface area contributed by atoms with Gasteiger partial charge in [-0.1, -0.05) is 127 Å². The van der Waals surface area contributed by atoms with Crippen LogP contribution in [0.3, 0.4) is 0 Å². The lowest BCUT2D eigenvalue weighted by Crippen LogP contribution is -2.02. The SMILES string of the molecule is c1ccc(Cc2c(-c3cccc4ccccc34)cc3ccccc3c2Cc2ccccc2)cc1. The van der Waals surface area contributed by atoms with Gasteiger partial charge >= 0.3 is 0 Å². The van der Waals surface area contributed by atoms with Crippen LogP contribution in [0.15, 0.2) is 133 Å². The van der Waals surface area contributed by atoms with Crippen LogP contribution in [0.4, 0.5) is 0 Å². The lowest BCUT2D eigenvalue weighted by Gasteiger charge is -2.20. The van der Waals surface area contributed by atoms with E-state index in [2.05, 4.69) is 133 Å². The average molecular weight is 435 g/mol. The fourth-order valence-electron chi connectivity index (χ4n) is 5.17. The molecule has 0 aromatic heterocycles. The first-order valence-corrected chi connectivity index (χ1v) is 12.0. The Bertz CT molecular complexity index is 1570. The van der Waals surface area contributed by atoms with E-state index in [4.69, 9.17) is 0 Å². The lowest BCUT2D eigenvalue weighted by molar-refractivity contribution is 1.11. The number of hydrogen-bond acceptors (Lipinski definition) is 0. The Balaban J connectivity index is 1.67. The second kappa shape index (κ2) is 9.00. The third-order valence-corrected chi connectivity index (χ3v) is 6.80. The minimum atomic E-state index is 0.909. The van der Waals surface area contributed by atoms with Gasteiger partial charge in [-0.25, -0.2) is 0 Å². The molecule has 0 heterocycles. The smallest absolute Gasteiger partial charge is 0.00165 e. The van der Waals surface area contributed by atoms with E-state index in [1.165, 1.54) is 54.9 Å². The van der Waals surface area contributed by atoms with Crippen LogP contribution in [0.5, 0.6) is 0 Å². The standard InChI is InChI=1S/C34H26/c1-3-12-25(13-4-1)22-32-30-20-10-8-17-28(30)24-34(33(32)23-26-14-5-2-6-15-26)31-21-11-18-27-16-7-9-19-29(27)31/h1-21,24H,22-23H2. The van der Waals surface area contributed by atoms with Gasteiger partial charge in [-0.3, -0.25) is 0 Å². The third kappa shape index (κ3) is 3.89. The van der Waals surface area contributed by atoms with Crippen LogP contribution in [0.2, 0.25) is 0 Å². The Hall–Kier alpha value is -4.16. The van der Waals surface area contributed by atoms with Gasteiger partial charge in [0.1, 0.15) is 0 Å². The zero-order valence-electron chi connectivity index (χ0n) is 19.1. The van der Waals surface area contributed by atoms with Gasteiger partial charge in [0.05, 0.1) is 0 Å². The van der Waals surface area contributed by atoms with Crippen molar-refractivity contribution < 1.29 is 0 Å². The van der Waals surface area contributed by atoms with E-state index in [1.54, 1.807) is 0 Å². The Morgan fingerprint density at radius 3 is 1.59 bits per heavy atom. The number of hydrogen-bond donors (Lipinski definition) is 0. The second-order valence-electron chi connectivity index (χ2n) is 8.95. The van der Waals surface area contributed by atoms with Crippen molar-refractivity contribution in [2.24, 2.45) is 0 Å². The maximum absolute atomic E-state index is 2.41. The van der Waals surface area contributed by atoms with Gasteiger partial charge in [0, 0.05) is 0 Å². The monoisotopic (exact) mass is 434 g/mol. The summed E-state index contributed by atoms with van der Waals surface area (Å²) in [6, 6.07) is 48.4. The molecule has 0 unspecified atom stereocenters. The lowest BCUT2D eigenvalue weighted by atomic mass is 9.84. The van der Waals surface area contributed by atoms with Crippen LogP contribution in [-0.4, -0.2) is 0 Å². The van der Waals surface area contributed by atoms with E-state index >= 15 is 0 Å². The molecule has 0 spiro atoms. The second-order valence-corrected chi connectivity index (χ2v) is 8.95. The van der Waals surface area contributed by atoms with Gasteiger partial charge in [0.15, 0.2) is 0 Å². The maximum Gasteiger partial charge on any atom is -0.00165 e. The van der Waals surface area contributed by atoms with Crippen LogP contribution < -0.4 is 0 Å². The van der Waals surface area contributed by atoms with E-state index in [9.17, 15) is 0 Å². The van der Waals surface area contributed by atoms with Gasteiger partial charge in [0.25, 0.3) is 0 Å². The highest BCUT2D eigenvalue weighted by atomic mass is 14.2. The Morgan fingerprint density at radius 2 is 0.882 bits per heavy atom. The quantitative estimate of drug-likeness (QED) is 0.254. The van der Waals surface area contributed by atoms with Crippen LogP contribution in [-0.2, 0) is 12.8 Å². The van der Waals surface area contributed by atoms with Crippen molar-refractivity contribution in [2.45, 2.75) is 12.8 Å². The van der Waals surface area contributed by atoms with E-state index in [1.807, 2.05) is 0 Å². The van der Waals surface area contributed by atoms with E-state index in [-0.39, 0.29) is 0 Å². The molecule has 0 radical (unpaired) electrons. The molecule has 0 aliphatic rings. The van der Waals surface area contributed by atoms with Crippen LogP contribution >= 0.6 is 0 Å². The molecule has 0 aliphatic heterocycles. The summed E-state index contributed by atoms with van der Waals surface area (Å²) >= 11 is 0. The molecule has 0 atom stereocenters. The Kier molecular flexibility index (Phi) is 5.41. The van der Waals surface area contributed by atoms with Gasteiger partial charge in [-0.2, -0.15) is 0 Å². The van der Waals surface area contributed by atoms with Crippen LogP contribution in [0, 0.1) is 0 Å². The molecule has 0 N–H and O–H groups in total.